The molecule has 0 saturated heterocycles. The van der Waals surface area contributed by atoms with E-state index < -0.39 is 0 Å². The summed E-state index contributed by atoms with van der Waals surface area (Å²) >= 11 is 1.85. The van der Waals surface area contributed by atoms with Crippen LogP contribution in [0.5, 0.6) is 5.75 Å². The van der Waals surface area contributed by atoms with Gasteiger partial charge in [-0.15, -0.1) is 11.8 Å². The summed E-state index contributed by atoms with van der Waals surface area (Å²) in [5, 5.41) is 7.62. The van der Waals surface area contributed by atoms with E-state index in [9.17, 15) is 0 Å². The van der Waals surface area contributed by atoms with E-state index in [0.717, 1.165) is 17.2 Å². The normalized spacial score (nSPS) is 12.4. The molecule has 2 rings (SSSR count). The number of nitrogens with one attached hydrogen (secondary N) is 1. The summed E-state index contributed by atoms with van der Waals surface area (Å²) < 4.78 is 7.26. The lowest BCUT2D eigenvalue weighted by Crippen LogP contribution is -2.21. The average Bonchev–Trinajstić information content (AvgIpc) is 2.83. The molecule has 0 fully saturated rings. The van der Waals surface area contributed by atoms with E-state index in [2.05, 4.69) is 41.6 Å². The van der Waals surface area contributed by atoms with Crippen molar-refractivity contribution in [1.29, 1.82) is 0 Å². The van der Waals surface area contributed by atoms with Crippen molar-refractivity contribution in [2.45, 2.75) is 17.9 Å². The number of aryl methyl sites for hydroxylation is 1. The molecule has 0 spiro atoms. The molecule has 1 aromatic heterocycles. The van der Waals surface area contributed by atoms with Gasteiger partial charge in [0.15, 0.2) is 5.75 Å². The summed E-state index contributed by atoms with van der Waals surface area (Å²) in [4.78, 5) is 1.29. The second kappa shape index (κ2) is 6.81. The van der Waals surface area contributed by atoms with Gasteiger partial charge in [0.05, 0.1) is 19.3 Å². The van der Waals surface area contributed by atoms with Gasteiger partial charge < -0.3 is 10.1 Å². The average molecular weight is 291 g/mol. The fourth-order valence-electron chi connectivity index (χ4n) is 2.30. The van der Waals surface area contributed by atoms with Gasteiger partial charge in [-0.3, -0.25) is 4.68 Å². The van der Waals surface area contributed by atoms with Gasteiger partial charge in [0.2, 0.25) is 0 Å². The fraction of sp³-hybridized carbons (Fsp3) is 0.400. The SMILES string of the molecule is CCSc1ccc(C(NC)c2c(OC)cnn2C)cc1. The molecule has 1 aromatic carbocycles. The van der Waals surface area contributed by atoms with Crippen molar-refractivity contribution in [2.24, 2.45) is 7.05 Å². The number of hydrogen-bond acceptors (Lipinski definition) is 4. The molecule has 20 heavy (non-hydrogen) atoms. The minimum Gasteiger partial charge on any atom is -0.493 e. The number of aromatic nitrogens is 2. The van der Waals surface area contributed by atoms with Crippen LogP contribution in [0, 0.1) is 0 Å². The number of hydrogen-bond donors (Lipinski definition) is 1. The molecule has 1 atom stereocenters. The first-order valence-electron chi connectivity index (χ1n) is 6.67. The number of methoxy groups -OCH3 is 1. The Morgan fingerprint density at radius 3 is 2.60 bits per heavy atom. The zero-order chi connectivity index (χ0) is 14.5. The second-order valence-electron chi connectivity index (χ2n) is 4.45. The molecular formula is C15H21N3OS. The van der Waals surface area contributed by atoms with Crippen molar-refractivity contribution < 1.29 is 4.74 Å². The maximum Gasteiger partial charge on any atom is 0.161 e. The van der Waals surface area contributed by atoms with Gasteiger partial charge in [-0.2, -0.15) is 5.10 Å². The van der Waals surface area contributed by atoms with Crippen molar-refractivity contribution in [3.8, 4) is 5.75 Å². The Bertz CT molecular complexity index is 551. The van der Waals surface area contributed by atoms with Crippen LogP contribution in [0.15, 0.2) is 35.4 Å². The molecule has 0 saturated carbocycles. The quantitative estimate of drug-likeness (QED) is 0.831. The monoisotopic (exact) mass is 291 g/mol. The highest BCUT2D eigenvalue weighted by molar-refractivity contribution is 7.99. The topological polar surface area (TPSA) is 39.1 Å². The summed E-state index contributed by atoms with van der Waals surface area (Å²) in [5.74, 6) is 1.89. The molecule has 5 heteroatoms. The van der Waals surface area contributed by atoms with Gasteiger partial charge in [-0.1, -0.05) is 19.1 Å². The Labute approximate surface area is 124 Å². The van der Waals surface area contributed by atoms with E-state index in [4.69, 9.17) is 4.74 Å². The Kier molecular flexibility index (Phi) is 5.09. The molecule has 4 nitrogen and oxygen atoms in total. The molecule has 0 radical (unpaired) electrons. The van der Waals surface area contributed by atoms with E-state index in [1.54, 1.807) is 13.3 Å². The molecule has 1 unspecified atom stereocenters. The number of nitrogens with zero attached hydrogens (tertiary/aromatic N) is 2. The Morgan fingerprint density at radius 2 is 2.05 bits per heavy atom. The highest BCUT2D eigenvalue weighted by Crippen LogP contribution is 2.30. The first-order valence-corrected chi connectivity index (χ1v) is 7.65. The van der Waals surface area contributed by atoms with Crippen molar-refractivity contribution in [1.82, 2.24) is 15.1 Å². The zero-order valence-electron chi connectivity index (χ0n) is 12.4. The second-order valence-corrected chi connectivity index (χ2v) is 5.78. The fourth-order valence-corrected chi connectivity index (χ4v) is 2.96. The van der Waals surface area contributed by atoms with Crippen LogP contribution in [0.3, 0.4) is 0 Å². The summed E-state index contributed by atoms with van der Waals surface area (Å²) in [6.45, 7) is 2.16. The Balaban J connectivity index is 2.34. The number of thioether (sulfide) groups is 1. The molecule has 0 aliphatic carbocycles. The van der Waals surface area contributed by atoms with Crippen LogP contribution in [-0.4, -0.2) is 29.7 Å². The van der Waals surface area contributed by atoms with Crippen LogP contribution in [0.1, 0.15) is 24.2 Å². The van der Waals surface area contributed by atoms with Crippen molar-refractivity contribution in [2.75, 3.05) is 19.9 Å². The summed E-state index contributed by atoms with van der Waals surface area (Å²) in [5.41, 5.74) is 2.24. The molecule has 0 aliphatic heterocycles. The van der Waals surface area contributed by atoms with Gasteiger partial charge >= 0.3 is 0 Å². The lowest BCUT2D eigenvalue weighted by molar-refractivity contribution is 0.402. The first-order chi connectivity index (χ1) is 9.71. The predicted molar refractivity (Wildman–Crippen MR) is 83.5 cm³/mol. The van der Waals surface area contributed by atoms with E-state index in [1.165, 1.54) is 10.5 Å². The number of rotatable bonds is 6. The third kappa shape index (κ3) is 2.99. The van der Waals surface area contributed by atoms with Crippen molar-refractivity contribution in [3.05, 3.63) is 41.7 Å². The number of ether oxygens (including phenoxy) is 1. The van der Waals surface area contributed by atoms with Crippen LogP contribution in [0.2, 0.25) is 0 Å². The third-order valence-electron chi connectivity index (χ3n) is 3.26. The minimum absolute atomic E-state index is 0.0677. The first kappa shape index (κ1) is 14.9. The third-order valence-corrected chi connectivity index (χ3v) is 4.15. The zero-order valence-corrected chi connectivity index (χ0v) is 13.2. The largest absolute Gasteiger partial charge is 0.493 e. The standard InChI is InChI=1S/C15H21N3OS/c1-5-20-12-8-6-11(7-9-12)14(16-2)15-13(19-4)10-17-18(15)3/h6-10,14,16H,5H2,1-4H3. The highest BCUT2D eigenvalue weighted by Gasteiger charge is 2.20. The lowest BCUT2D eigenvalue weighted by atomic mass is 10.0. The molecule has 2 aromatic rings. The van der Waals surface area contributed by atoms with Gasteiger partial charge in [0.25, 0.3) is 0 Å². The van der Waals surface area contributed by atoms with E-state index >= 15 is 0 Å². The van der Waals surface area contributed by atoms with Gasteiger partial charge in [-0.25, -0.2) is 0 Å². The highest BCUT2D eigenvalue weighted by atomic mass is 32.2. The molecule has 0 aliphatic rings. The van der Waals surface area contributed by atoms with E-state index in [1.807, 2.05) is 30.5 Å². The van der Waals surface area contributed by atoms with Gasteiger partial charge in [0.1, 0.15) is 5.69 Å². The van der Waals surface area contributed by atoms with Crippen LogP contribution in [0.25, 0.3) is 0 Å². The molecule has 1 heterocycles. The Hall–Kier alpha value is -1.46. The molecule has 108 valence electrons. The lowest BCUT2D eigenvalue weighted by Gasteiger charge is -2.18. The smallest absolute Gasteiger partial charge is 0.161 e. The van der Waals surface area contributed by atoms with Gasteiger partial charge in [0, 0.05) is 11.9 Å². The van der Waals surface area contributed by atoms with Gasteiger partial charge in [-0.05, 0) is 30.5 Å². The van der Waals surface area contributed by atoms with Crippen LogP contribution in [-0.2, 0) is 7.05 Å². The molecular weight excluding hydrogens is 270 g/mol. The van der Waals surface area contributed by atoms with Crippen molar-refractivity contribution in [3.63, 3.8) is 0 Å². The summed E-state index contributed by atoms with van der Waals surface area (Å²) in [6.07, 6.45) is 1.75. The minimum atomic E-state index is 0.0677. The summed E-state index contributed by atoms with van der Waals surface area (Å²) in [7, 11) is 5.56. The maximum absolute atomic E-state index is 5.41. The maximum atomic E-state index is 5.41. The molecule has 0 amide bonds. The molecule has 1 N–H and O–H groups in total. The van der Waals surface area contributed by atoms with E-state index in [-0.39, 0.29) is 6.04 Å². The molecule has 0 bridgehead atoms. The number of benzene rings is 1. The van der Waals surface area contributed by atoms with Crippen LogP contribution < -0.4 is 10.1 Å². The Morgan fingerprint density at radius 1 is 1.35 bits per heavy atom. The van der Waals surface area contributed by atoms with Crippen molar-refractivity contribution >= 4 is 11.8 Å². The van der Waals surface area contributed by atoms with Crippen LogP contribution >= 0.6 is 11.8 Å². The van der Waals surface area contributed by atoms with E-state index in [0.29, 0.717) is 0 Å². The van der Waals surface area contributed by atoms with Crippen LogP contribution in [0.4, 0.5) is 0 Å². The predicted octanol–water partition coefficient (Wildman–Crippen LogP) is 2.85. The summed E-state index contributed by atoms with van der Waals surface area (Å²) in [6, 6.07) is 8.71.